The van der Waals surface area contributed by atoms with Gasteiger partial charge in [0.25, 0.3) is 0 Å². The molecule has 0 bridgehead atoms. The van der Waals surface area contributed by atoms with Gasteiger partial charge >= 0.3 is 0 Å². The molecule has 0 atom stereocenters. The molecule has 5 heteroatoms. The molecule has 1 amide bonds. The summed E-state index contributed by atoms with van der Waals surface area (Å²) >= 11 is 0. The van der Waals surface area contributed by atoms with E-state index in [1.54, 1.807) is 19.1 Å². The van der Waals surface area contributed by atoms with Crippen LogP contribution in [0.15, 0.2) is 24.3 Å². The van der Waals surface area contributed by atoms with E-state index in [1.165, 1.54) is 0 Å². The summed E-state index contributed by atoms with van der Waals surface area (Å²) in [6.07, 6.45) is 0. The lowest BCUT2D eigenvalue weighted by atomic mass is 10.2. The number of carbonyl (C=O) groups excluding carboxylic acids is 1. The summed E-state index contributed by atoms with van der Waals surface area (Å²) in [5, 5.41) is 0. The van der Waals surface area contributed by atoms with Crippen molar-refractivity contribution in [3.05, 3.63) is 29.8 Å². The van der Waals surface area contributed by atoms with Crippen molar-refractivity contribution in [1.29, 1.82) is 0 Å². The highest BCUT2D eigenvalue weighted by molar-refractivity contribution is 5.77. The van der Waals surface area contributed by atoms with Crippen LogP contribution in [0.5, 0.6) is 0 Å². The largest absolute Gasteiger partial charge is 0.382 e. The number of anilines is 1. The second-order valence-corrected chi connectivity index (χ2v) is 4.86. The van der Waals surface area contributed by atoms with Crippen molar-refractivity contribution in [1.82, 2.24) is 4.90 Å². The third-order valence-corrected chi connectivity index (χ3v) is 2.96. The van der Waals surface area contributed by atoms with Crippen LogP contribution in [0, 0.1) is 0 Å². The summed E-state index contributed by atoms with van der Waals surface area (Å²) in [4.78, 5) is 15.5. The van der Waals surface area contributed by atoms with E-state index in [9.17, 15) is 4.79 Å². The van der Waals surface area contributed by atoms with E-state index in [0.717, 1.165) is 11.3 Å². The smallest absolute Gasteiger partial charge is 0.248 e. The first kappa shape index (κ1) is 16.5. The van der Waals surface area contributed by atoms with Gasteiger partial charge in [-0.2, -0.15) is 0 Å². The van der Waals surface area contributed by atoms with Crippen molar-refractivity contribution in [2.24, 2.45) is 0 Å². The molecule has 0 aliphatic heterocycles. The fourth-order valence-corrected chi connectivity index (χ4v) is 1.67. The highest BCUT2D eigenvalue weighted by Gasteiger charge is 2.09. The number of nitrogens with zero attached hydrogens (tertiary/aromatic N) is 2. The predicted octanol–water partition coefficient (Wildman–Crippen LogP) is 1.37. The zero-order chi connectivity index (χ0) is 15.0. The Morgan fingerprint density at radius 3 is 2.30 bits per heavy atom. The summed E-state index contributed by atoms with van der Waals surface area (Å²) in [5.74, 6) is -0.0298. The van der Waals surface area contributed by atoms with E-state index >= 15 is 0 Å². The molecule has 0 fully saturated rings. The van der Waals surface area contributed by atoms with Crippen molar-refractivity contribution in [3.8, 4) is 0 Å². The summed E-state index contributed by atoms with van der Waals surface area (Å²) in [6, 6.07) is 8.15. The minimum absolute atomic E-state index is 0.0298. The fraction of sp³-hybridized carbons (Fsp3) is 0.533. The maximum Gasteiger partial charge on any atom is 0.248 e. The van der Waals surface area contributed by atoms with E-state index in [2.05, 4.69) is 0 Å². The van der Waals surface area contributed by atoms with Crippen LogP contribution in [-0.2, 0) is 20.8 Å². The van der Waals surface area contributed by atoms with Gasteiger partial charge in [0.05, 0.1) is 13.2 Å². The molecule has 0 aromatic heterocycles. The van der Waals surface area contributed by atoms with Gasteiger partial charge in [-0.15, -0.1) is 0 Å². The molecule has 1 aromatic rings. The van der Waals surface area contributed by atoms with Gasteiger partial charge in [0.15, 0.2) is 0 Å². The molecule has 5 nitrogen and oxygen atoms in total. The normalized spacial score (nSPS) is 10.4. The zero-order valence-electron chi connectivity index (χ0n) is 12.8. The Kier molecular flexibility index (Phi) is 7.04. The second-order valence-electron chi connectivity index (χ2n) is 4.86. The highest BCUT2D eigenvalue weighted by atomic mass is 16.5. The summed E-state index contributed by atoms with van der Waals surface area (Å²) in [7, 11) is 7.39. The van der Waals surface area contributed by atoms with Crippen molar-refractivity contribution >= 4 is 11.6 Å². The molecule has 0 aliphatic rings. The van der Waals surface area contributed by atoms with E-state index < -0.39 is 0 Å². The number of methoxy groups -OCH3 is 1. The molecule has 0 unspecified atom stereocenters. The molecule has 0 heterocycles. The number of hydrogen-bond donors (Lipinski definition) is 0. The maximum absolute atomic E-state index is 11.8. The average molecular weight is 280 g/mol. The Bertz CT molecular complexity index is 404. The first-order valence-electron chi connectivity index (χ1n) is 6.61. The Morgan fingerprint density at radius 1 is 1.10 bits per heavy atom. The minimum atomic E-state index is -0.0298. The van der Waals surface area contributed by atoms with Gasteiger partial charge in [-0.3, -0.25) is 4.79 Å². The van der Waals surface area contributed by atoms with E-state index in [1.807, 2.05) is 43.3 Å². The Balaban J connectivity index is 2.40. The van der Waals surface area contributed by atoms with Gasteiger partial charge in [-0.25, -0.2) is 0 Å². The number of hydrogen-bond acceptors (Lipinski definition) is 4. The standard InChI is InChI=1S/C15H24N2O3/c1-16(2)14-7-5-13(6-8-14)11-17(3)15(18)12-20-10-9-19-4/h5-8H,9-12H2,1-4H3. The number of likely N-dealkylation sites (N-methyl/N-ethyl adjacent to an activating group) is 1. The topological polar surface area (TPSA) is 42.0 Å². The third kappa shape index (κ3) is 5.59. The Labute approximate surface area is 121 Å². The number of rotatable bonds is 8. The SMILES string of the molecule is COCCOCC(=O)N(C)Cc1ccc(N(C)C)cc1. The summed E-state index contributed by atoms with van der Waals surface area (Å²) in [5.41, 5.74) is 2.24. The summed E-state index contributed by atoms with van der Waals surface area (Å²) < 4.78 is 10.1. The molecule has 1 rings (SSSR count). The zero-order valence-corrected chi connectivity index (χ0v) is 12.8. The van der Waals surface area contributed by atoms with Crippen LogP contribution in [0.1, 0.15) is 5.56 Å². The number of amides is 1. The molecule has 112 valence electrons. The van der Waals surface area contributed by atoms with Gasteiger partial charge in [0.1, 0.15) is 6.61 Å². The molecule has 20 heavy (non-hydrogen) atoms. The monoisotopic (exact) mass is 280 g/mol. The summed E-state index contributed by atoms with van der Waals surface area (Å²) in [6.45, 7) is 1.62. The fourth-order valence-electron chi connectivity index (χ4n) is 1.67. The molecule has 0 spiro atoms. The van der Waals surface area contributed by atoms with Crippen molar-refractivity contribution in [2.75, 3.05) is 53.0 Å². The molecular weight excluding hydrogens is 256 g/mol. The van der Waals surface area contributed by atoms with Gasteiger partial charge < -0.3 is 19.3 Å². The highest BCUT2D eigenvalue weighted by Crippen LogP contribution is 2.13. The van der Waals surface area contributed by atoms with Crippen LogP contribution in [0.4, 0.5) is 5.69 Å². The molecule has 0 saturated heterocycles. The van der Waals surface area contributed by atoms with Gasteiger partial charge in [-0.05, 0) is 17.7 Å². The maximum atomic E-state index is 11.8. The molecule has 0 radical (unpaired) electrons. The van der Waals surface area contributed by atoms with Crippen molar-refractivity contribution in [2.45, 2.75) is 6.54 Å². The van der Waals surface area contributed by atoms with Crippen molar-refractivity contribution in [3.63, 3.8) is 0 Å². The van der Waals surface area contributed by atoms with Crippen LogP contribution >= 0.6 is 0 Å². The van der Waals surface area contributed by atoms with E-state index in [-0.39, 0.29) is 12.5 Å². The molecule has 0 aliphatic carbocycles. The van der Waals surface area contributed by atoms with Gasteiger partial charge in [0.2, 0.25) is 5.91 Å². The molecule has 0 saturated carbocycles. The minimum Gasteiger partial charge on any atom is -0.382 e. The molecular formula is C15H24N2O3. The van der Waals surface area contributed by atoms with E-state index in [0.29, 0.717) is 19.8 Å². The third-order valence-electron chi connectivity index (χ3n) is 2.96. The van der Waals surface area contributed by atoms with Crippen molar-refractivity contribution < 1.29 is 14.3 Å². The Hall–Kier alpha value is -1.59. The lowest BCUT2D eigenvalue weighted by Gasteiger charge is -2.18. The first-order valence-corrected chi connectivity index (χ1v) is 6.61. The van der Waals surface area contributed by atoms with Gasteiger partial charge in [0, 0.05) is 40.5 Å². The van der Waals surface area contributed by atoms with Crippen LogP contribution in [0.25, 0.3) is 0 Å². The van der Waals surface area contributed by atoms with Crippen LogP contribution in [0.2, 0.25) is 0 Å². The van der Waals surface area contributed by atoms with Crippen LogP contribution in [-0.4, -0.2) is 58.9 Å². The molecule has 1 aromatic carbocycles. The number of benzene rings is 1. The van der Waals surface area contributed by atoms with E-state index in [4.69, 9.17) is 9.47 Å². The molecule has 0 N–H and O–H groups in total. The lowest BCUT2D eigenvalue weighted by molar-refractivity contribution is -0.135. The van der Waals surface area contributed by atoms with Crippen LogP contribution in [0.3, 0.4) is 0 Å². The first-order chi connectivity index (χ1) is 9.54. The lowest BCUT2D eigenvalue weighted by Crippen LogP contribution is -2.30. The second kappa shape index (κ2) is 8.55. The van der Waals surface area contributed by atoms with Crippen LogP contribution < -0.4 is 4.90 Å². The number of carbonyl (C=O) groups is 1. The predicted molar refractivity (Wildman–Crippen MR) is 79.9 cm³/mol. The van der Waals surface area contributed by atoms with Gasteiger partial charge in [-0.1, -0.05) is 12.1 Å². The quantitative estimate of drug-likeness (QED) is 0.675. The Morgan fingerprint density at radius 2 is 1.75 bits per heavy atom. The number of ether oxygens (including phenoxy) is 2. The average Bonchev–Trinajstić information content (AvgIpc) is 2.44.